The Morgan fingerprint density at radius 2 is 2.08 bits per heavy atom. The second-order valence-electron chi connectivity index (χ2n) is 3.21. The highest BCUT2D eigenvalue weighted by molar-refractivity contribution is 5.14. The molecule has 0 aliphatic carbocycles. The van der Waals surface area contributed by atoms with Crippen LogP contribution < -0.4 is 5.32 Å². The van der Waals surface area contributed by atoms with Gasteiger partial charge in [-0.15, -0.1) is 6.58 Å². The maximum absolute atomic E-state index is 3.72. The first-order valence-electron chi connectivity index (χ1n) is 4.73. The van der Waals surface area contributed by atoms with Crippen LogP contribution in [0, 0.1) is 0 Å². The molecule has 70 valence electrons. The molecule has 0 amide bonds. The van der Waals surface area contributed by atoms with E-state index in [2.05, 4.69) is 43.1 Å². The lowest BCUT2D eigenvalue weighted by Crippen LogP contribution is -2.25. The molecule has 13 heavy (non-hydrogen) atoms. The lowest BCUT2D eigenvalue weighted by molar-refractivity contribution is 0.633. The molecule has 1 N–H and O–H groups in total. The molecule has 1 nitrogen and oxygen atoms in total. The highest BCUT2D eigenvalue weighted by Crippen LogP contribution is 1.98. The molecule has 0 radical (unpaired) electrons. The van der Waals surface area contributed by atoms with Gasteiger partial charge in [0, 0.05) is 6.04 Å². The number of benzene rings is 1. The van der Waals surface area contributed by atoms with E-state index in [1.54, 1.807) is 0 Å². The predicted octanol–water partition coefficient (Wildman–Crippen LogP) is 2.39. The van der Waals surface area contributed by atoms with Gasteiger partial charge in [0.15, 0.2) is 0 Å². The van der Waals surface area contributed by atoms with Gasteiger partial charge < -0.3 is 5.32 Å². The lowest BCUT2D eigenvalue weighted by atomic mass is 10.1. The minimum Gasteiger partial charge on any atom is -0.310 e. The van der Waals surface area contributed by atoms with Crippen LogP contribution >= 0.6 is 0 Å². The average Bonchev–Trinajstić information content (AvgIpc) is 2.19. The summed E-state index contributed by atoms with van der Waals surface area (Å²) in [7, 11) is 0. The van der Waals surface area contributed by atoms with Crippen LogP contribution in [0.25, 0.3) is 0 Å². The van der Waals surface area contributed by atoms with E-state index in [1.165, 1.54) is 5.56 Å². The van der Waals surface area contributed by atoms with E-state index in [-0.39, 0.29) is 0 Å². The quantitative estimate of drug-likeness (QED) is 0.678. The van der Waals surface area contributed by atoms with Gasteiger partial charge in [-0.3, -0.25) is 0 Å². The van der Waals surface area contributed by atoms with Crippen molar-refractivity contribution in [1.82, 2.24) is 5.32 Å². The Labute approximate surface area is 80.5 Å². The van der Waals surface area contributed by atoms with E-state index in [0.29, 0.717) is 6.04 Å². The van der Waals surface area contributed by atoms with Crippen LogP contribution in [-0.2, 0) is 6.42 Å². The van der Waals surface area contributed by atoms with E-state index < -0.39 is 0 Å². The van der Waals surface area contributed by atoms with Gasteiger partial charge in [0.25, 0.3) is 0 Å². The summed E-state index contributed by atoms with van der Waals surface area (Å²) in [5.74, 6) is 0. The molecule has 0 bridgehead atoms. The molecule has 0 fully saturated rings. The molecule has 0 heterocycles. The third kappa shape index (κ3) is 3.90. The molecule has 0 saturated heterocycles. The van der Waals surface area contributed by atoms with Gasteiger partial charge in [-0.25, -0.2) is 0 Å². The summed E-state index contributed by atoms with van der Waals surface area (Å²) in [5, 5.41) is 3.36. The van der Waals surface area contributed by atoms with Gasteiger partial charge in [-0.2, -0.15) is 0 Å². The first kappa shape index (κ1) is 10.0. The van der Waals surface area contributed by atoms with Crippen LogP contribution in [-0.4, -0.2) is 12.6 Å². The molecular formula is C12H17N. The van der Waals surface area contributed by atoms with Crippen LogP contribution in [0.15, 0.2) is 43.0 Å². The fourth-order valence-electron chi connectivity index (χ4n) is 1.17. The Hall–Kier alpha value is -1.08. The molecule has 0 aliphatic heterocycles. The van der Waals surface area contributed by atoms with Gasteiger partial charge >= 0.3 is 0 Å². The van der Waals surface area contributed by atoms with Gasteiger partial charge in [0.05, 0.1) is 0 Å². The van der Waals surface area contributed by atoms with Crippen LogP contribution in [0.1, 0.15) is 12.5 Å². The first-order chi connectivity index (χ1) is 6.33. The normalized spacial score (nSPS) is 12.4. The lowest BCUT2D eigenvalue weighted by Gasteiger charge is -2.08. The summed E-state index contributed by atoms with van der Waals surface area (Å²) >= 11 is 0. The summed E-state index contributed by atoms with van der Waals surface area (Å²) in [6, 6.07) is 10.9. The molecule has 0 aliphatic rings. The van der Waals surface area contributed by atoms with Gasteiger partial charge in [0.1, 0.15) is 0 Å². The Morgan fingerprint density at radius 1 is 1.38 bits per heavy atom. The van der Waals surface area contributed by atoms with Crippen LogP contribution in [0.2, 0.25) is 0 Å². The highest BCUT2D eigenvalue weighted by Gasteiger charge is 1.94. The SMILES string of the molecule is C=C[C@@H](C)NCCc1ccccc1. The second-order valence-corrected chi connectivity index (χ2v) is 3.21. The molecule has 0 saturated carbocycles. The van der Waals surface area contributed by atoms with Gasteiger partial charge in [0.2, 0.25) is 0 Å². The van der Waals surface area contributed by atoms with Crippen molar-refractivity contribution in [3.05, 3.63) is 48.6 Å². The monoisotopic (exact) mass is 175 g/mol. The summed E-state index contributed by atoms with van der Waals surface area (Å²) in [5.41, 5.74) is 1.38. The number of hydrogen-bond donors (Lipinski definition) is 1. The Kier molecular flexibility index (Phi) is 4.27. The Bertz CT molecular complexity index is 241. The van der Waals surface area contributed by atoms with E-state index in [9.17, 15) is 0 Å². The molecule has 0 unspecified atom stereocenters. The molecule has 1 aromatic rings. The summed E-state index contributed by atoms with van der Waals surface area (Å²) in [6.45, 7) is 6.84. The zero-order valence-corrected chi connectivity index (χ0v) is 8.16. The summed E-state index contributed by atoms with van der Waals surface area (Å²) < 4.78 is 0. The predicted molar refractivity (Wildman–Crippen MR) is 57.8 cm³/mol. The smallest absolute Gasteiger partial charge is 0.0219 e. The van der Waals surface area contributed by atoms with Gasteiger partial charge in [-0.05, 0) is 25.5 Å². The third-order valence-electron chi connectivity index (χ3n) is 2.08. The van der Waals surface area contributed by atoms with Gasteiger partial charge in [-0.1, -0.05) is 36.4 Å². The van der Waals surface area contributed by atoms with Crippen molar-refractivity contribution in [1.29, 1.82) is 0 Å². The standard InChI is InChI=1S/C12H17N/c1-3-11(2)13-10-9-12-7-5-4-6-8-12/h3-8,11,13H,1,9-10H2,2H3/t11-/m1/s1. The largest absolute Gasteiger partial charge is 0.310 e. The van der Waals surface area contributed by atoms with Crippen molar-refractivity contribution in [2.45, 2.75) is 19.4 Å². The zero-order valence-electron chi connectivity index (χ0n) is 8.16. The van der Waals surface area contributed by atoms with Crippen molar-refractivity contribution in [2.24, 2.45) is 0 Å². The second kappa shape index (κ2) is 5.55. The topological polar surface area (TPSA) is 12.0 Å². The van der Waals surface area contributed by atoms with Crippen molar-refractivity contribution in [2.75, 3.05) is 6.54 Å². The molecule has 1 heteroatoms. The fraction of sp³-hybridized carbons (Fsp3) is 0.333. The Balaban J connectivity index is 2.24. The molecule has 0 spiro atoms. The third-order valence-corrected chi connectivity index (χ3v) is 2.08. The summed E-state index contributed by atoms with van der Waals surface area (Å²) in [6.07, 6.45) is 3.00. The van der Waals surface area contributed by atoms with Crippen molar-refractivity contribution in [3.8, 4) is 0 Å². The van der Waals surface area contributed by atoms with Crippen LogP contribution in [0.3, 0.4) is 0 Å². The molecule has 1 atom stereocenters. The van der Waals surface area contributed by atoms with E-state index in [4.69, 9.17) is 0 Å². The molecule has 0 aromatic heterocycles. The number of nitrogens with one attached hydrogen (secondary N) is 1. The molecule has 1 rings (SSSR count). The molecular weight excluding hydrogens is 158 g/mol. The average molecular weight is 175 g/mol. The first-order valence-corrected chi connectivity index (χ1v) is 4.73. The van der Waals surface area contributed by atoms with E-state index in [1.807, 2.05) is 12.1 Å². The van der Waals surface area contributed by atoms with Crippen molar-refractivity contribution >= 4 is 0 Å². The maximum atomic E-state index is 3.72. The van der Waals surface area contributed by atoms with E-state index in [0.717, 1.165) is 13.0 Å². The zero-order chi connectivity index (χ0) is 9.52. The minimum absolute atomic E-state index is 0.406. The van der Waals surface area contributed by atoms with Crippen molar-refractivity contribution < 1.29 is 0 Å². The maximum Gasteiger partial charge on any atom is 0.0219 e. The van der Waals surface area contributed by atoms with Crippen LogP contribution in [0.4, 0.5) is 0 Å². The number of hydrogen-bond acceptors (Lipinski definition) is 1. The Morgan fingerprint density at radius 3 is 2.69 bits per heavy atom. The molecule has 1 aromatic carbocycles. The van der Waals surface area contributed by atoms with Crippen molar-refractivity contribution in [3.63, 3.8) is 0 Å². The number of rotatable bonds is 5. The highest BCUT2D eigenvalue weighted by atomic mass is 14.9. The fourth-order valence-corrected chi connectivity index (χ4v) is 1.17. The summed E-state index contributed by atoms with van der Waals surface area (Å²) in [4.78, 5) is 0. The van der Waals surface area contributed by atoms with Crippen LogP contribution in [0.5, 0.6) is 0 Å². The minimum atomic E-state index is 0.406. The van der Waals surface area contributed by atoms with E-state index >= 15 is 0 Å².